The monoisotopic (exact) mass is 330 g/mol. The fourth-order valence-corrected chi connectivity index (χ4v) is 3.62. The number of hydrogen-bond acceptors (Lipinski definition) is 4. The van der Waals surface area contributed by atoms with Gasteiger partial charge in [-0.05, 0) is 49.3 Å². The van der Waals surface area contributed by atoms with Crippen molar-refractivity contribution in [1.29, 1.82) is 0 Å². The average Bonchev–Trinajstić information content (AvgIpc) is 3.27. The number of aryl methyl sites for hydroxylation is 1. The third kappa shape index (κ3) is 4.62. The summed E-state index contributed by atoms with van der Waals surface area (Å²) >= 11 is 1.75. The number of ether oxygens (including phenoxy) is 1. The summed E-state index contributed by atoms with van der Waals surface area (Å²) in [4.78, 5) is 20.0. The van der Waals surface area contributed by atoms with E-state index in [1.54, 1.807) is 23.7 Å². The summed E-state index contributed by atoms with van der Waals surface area (Å²) in [6, 6.07) is 7.98. The van der Waals surface area contributed by atoms with Gasteiger partial charge in [0.25, 0.3) is 0 Å². The third-order valence-corrected chi connectivity index (χ3v) is 5.02. The minimum atomic E-state index is 0.157. The number of anilines is 1. The predicted octanol–water partition coefficient (Wildman–Crippen LogP) is 3.68. The van der Waals surface area contributed by atoms with Crippen molar-refractivity contribution in [2.24, 2.45) is 0 Å². The molecule has 0 saturated carbocycles. The number of thiophene rings is 1. The Morgan fingerprint density at radius 3 is 2.91 bits per heavy atom. The van der Waals surface area contributed by atoms with Gasteiger partial charge in [0.1, 0.15) is 0 Å². The summed E-state index contributed by atoms with van der Waals surface area (Å²) in [5.74, 6) is 0.170. The number of hydrogen-bond donors (Lipinski definition) is 0. The Morgan fingerprint density at radius 1 is 1.35 bits per heavy atom. The highest BCUT2D eigenvalue weighted by Crippen LogP contribution is 2.20. The molecule has 3 heterocycles. The molecule has 0 aromatic carbocycles. The molecule has 0 aliphatic carbocycles. The van der Waals surface area contributed by atoms with E-state index in [4.69, 9.17) is 4.74 Å². The summed E-state index contributed by atoms with van der Waals surface area (Å²) < 4.78 is 5.71. The van der Waals surface area contributed by atoms with Crippen molar-refractivity contribution in [1.82, 2.24) is 4.98 Å². The maximum absolute atomic E-state index is 12.7. The molecule has 2 aromatic rings. The van der Waals surface area contributed by atoms with Gasteiger partial charge in [-0.2, -0.15) is 0 Å². The molecule has 1 fully saturated rings. The molecule has 0 N–H and O–H groups in total. The fourth-order valence-electron chi connectivity index (χ4n) is 2.87. The van der Waals surface area contributed by atoms with Crippen LogP contribution in [0.25, 0.3) is 0 Å². The van der Waals surface area contributed by atoms with E-state index < -0.39 is 0 Å². The highest BCUT2D eigenvalue weighted by molar-refractivity contribution is 7.09. The molecule has 2 aromatic heterocycles. The maximum Gasteiger partial charge on any atom is 0.227 e. The molecule has 1 aliphatic rings. The van der Waals surface area contributed by atoms with E-state index in [9.17, 15) is 4.79 Å². The number of carbonyl (C=O) groups excluding carboxylic acids is 1. The van der Waals surface area contributed by atoms with Crippen LogP contribution in [0.15, 0.2) is 42.0 Å². The van der Waals surface area contributed by atoms with Gasteiger partial charge < -0.3 is 9.64 Å². The molecular formula is C18H22N2O2S. The second-order valence-corrected chi connectivity index (χ2v) is 6.81. The zero-order chi connectivity index (χ0) is 15.9. The Balaban J connectivity index is 1.60. The van der Waals surface area contributed by atoms with Gasteiger partial charge in [0.2, 0.25) is 5.91 Å². The smallest absolute Gasteiger partial charge is 0.227 e. The zero-order valence-corrected chi connectivity index (χ0v) is 14.0. The molecular weight excluding hydrogens is 308 g/mol. The minimum absolute atomic E-state index is 0.157. The van der Waals surface area contributed by atoms with E-state index in [0.717, 1.165) is 38.0 Å². The Bertz CT molecular complexity index is 595. The zero-order valence-electron chi connectivity index (χ0n) is 13.2. The van der Waals surface area contributed by atoms with Crippen LogP contribution in [0.5, 0.6) is 0 Å². The first-order chi connectivity index (χ1) is 11.3. The van der Waals surface area contributed by atoms with Crippen LogP contribution in [0.1, 0.15) is 30.6 Å². The lowest BCUT2D eigenvalue weighted by atomic mass is 10.1. The van der Waals surface area contributed by atoms with E-state index in [2.05, 4.69) is 22.5 Å². The average molecular weight is 330 g/mol. The van der Waals surface area contributed by atoms with Crippen LogP contribution in [0.2, 0.25) is 0 Å². The van der Waals surface area contributed by atoms with E-state index in [0.29, 0.717) is 13.0 Å². The van der Waals surface area contributed by atoms with E-state index in [-0.39, 0.29) is 12.0 Å². The highest BCUT2D eigenvalue weighted by Gasteiger charge is 2.23. The molecule has 1 saturated heterocycles. The quantitative estimate of drug-likeness (QED) is 0.778. The molecule has 1 aliphatic heterocycles. The molecule has 3 rings (SSSR count). The predicted molar refractivity (Wildman–Crippen MR) is 92.8 cm³/mol. The summed E-state index contributed by atoms with van der Waals surface area (Å²) in [5, 5.41) is 2.08. The molecule has 0 radical (unpaired) electrons. The molecule has 1 atom stereocenters. The van der Waals surface area contributed by atoms with Crippen LogP contribution in [0.3, 0.4) is 0 Å². The molecule has 1 unspecified atom stereocenters. The van der Waals surface area contributed by atoms with Crippen molar-refractivity contribution >= 4 is 22.9 Å². The largest absolute Gasteiger partial charge is 0.376 e. The van der Waals surface area contributed by atoms with Crippen molar-refractivity contribution in [3.8, 4) is 0 Å². The number of pyridine rings is 1. The van der Waals surface area contributed by atoms with Crippen molar-refractivity contribution < 1.29 is 9.53 Å². The second-order valence-electron chi connectivity index (χ2n) is 5.78. The highest BCUT2D eigenvalue weighted by atomic mass is 32.1. The molecule has 5 heteroatoms. The lowest BCUT2D eigenvalue weighted by molar-refractivity contribution is -0.119. The van der Waals surface area contributed by atoms with Gasteiger partial charge in [0, 0.05) is 36.0 Å². The third-order valence-electron chi connectivity index (χ3n) is 4.08. The molecule has 1 amide bonds. The number of amides is 1. The van der Waals surface area contributed by atoms with E-state index in [1.165, 1.54) is 4.88 Å². The maximum atomic E-state index is 12.7. The number of aromatic nitrogens is 1. The Hall–Kier alpha value is -1.72. The lowest BCUT2D eigenvalue weighted by Crippen LogP contribution is -2.37. The number of nitrogens with zero attached hydrogens (tertiary/aromatic N) is 2. The number of rotatable bonds is 7. The van der Waals surface area contributed by atoms with Crippen LogP contribution >= 0.6 is 11.3 Å². The first kappa shape index (κ1) is 16.1. The van der Waals surface area contributed by atoms with Crippen LogP contribution in [0.4, 0.5) is 5.69 Å². The minimum Gasteiger partial charge on any atom is -0.376 e. The normalized spacial score (nSPS) is 17.3. The van der Waals surface area contributed by atoms with Gasteiger partial charge in [-0.25, -0.2) is 0 Å². The summed E-state index contributed by atoms with van der Waals surface area (Å²) in [7, 11) is 0. The number of carbonyl (C=O) groups is 1. The molecule has 0 bridgehead atoms. The summed E-state index contributed by atoms with van der Waals surface area (Å²) in [5.41, 5.74) is 0.914. The van der Waals surface area contributed by atoms with Gasteiger partial charge >= 0.3 is 0 Å². The van der Waals surface area contributed by atoms with Crippen molar-refractivity contribution in [2.75, 3.05) is 18.1 Å². The molecule has 122 valence electrons. The molecule has 4 nitrogen and oxygen atoms in total. The van der Waals surface area contributed by atoms with Gasteiger partial charge in [0.05, 0.1) is 12.6 Å². The fraction of sp³-hybridized carbons (Fsp3) is 0.444. The summed E-state index contributed by atoms with van der Waals surface area (Å²) in [6.45, 7) is 1.45. The first-order valence-electron chi connectivity index (χ1n) is 8.17. The topological polar surface area (TPSA) is 42.4 Å². The van der Waals surface area contributed by atoms with Crippen LogP contribution < -0.4 is 4.90 Å². The Labute approximate surface area is 141 Å². The second kappa shape index (κ2) is 8.22. The van der Waals surface area contributed by atoms with E-state index >= 15 is 0 Å². The summed E-state index contributed by atoms with van der Waals surface area (Å²) in [6.07, 6.45) is 8.15. The van der Waals surface area contributed by atoms with Gasteiger partial charge in [-0.15, -0.1) is 11.3 Å². The van der Waals surface area contributed by atoms with Gasteiger partial charge in [-0.3, -0.25) is 9.78 Å². The van der Waals surface area contributed by atoms with Crippen LogP contribution in [-0.4, -0.2) is 30.1 Å². The molecule has 0 spiro atoms. The van der Waals surface area contributed by atoms with Crippen molar-refractivity contribution in [2.45, 2.75) is 38.2 Å². The SMILES string of the molecule is O=C(CCCc1cccs1)N(CC1CCCO1)c1ccncc1. The Kier molecular flexibility index (Phi) is 5.77. The van der Waals surface area contributed by atoms with Crippen LogP contribution in [-0.2, 0) is 16.0 Å². The van der Waals surface area contributed by atoms with Crippen molar-refractivity contribution in [3.05, 3.63) is 46.9 Å². The standard InChI is InChI=1S/C18H22N2O2S/c21-18(7-1-5-17-6-3-13-23-17)20(14-16-4-2-12-22-16)15-8-10-19-11-9-15/h3,6,8-11,13,16H,1-2,4-5,7,12,14H2. The van der Waals surface area contributed by atoms with Gasteiger partial charge in [-0.1, -0.05) is 6.07 Å². The van der Waals surface area contributed by atoms with Gasteiger partial charge in [0.15, 0.2) is 0 Å². The van der Waals surface area contributed by atoms with Crippen LogP contribution in [0, 0.1) is 0 Å². The molecule has 23 heavy (non-hydrogen) atoms. The lowest BCUT2D eigenvalue weighted by Gasteiger charge is -2.25. The Morgan fingerprint density at radius 2 is 2.22 bits per heavy atom. The van der Waals surface area contributed by atoms with Crippen molar-refractivity contribution in [3.63, 3.8) is 0 Å². The van der Waals surface area contributed by atoms with E-state index in [1.807, 2.05) is 17.0 Å². The first-order valence-corrected chi connectivity index (χ1v) is 9.05.